The Morgan fingerprint density at radius 2 is 2.14 bits per heavy atom. The summed E-state index contributed by atoms with van der Waals surface area (Å²) in [6, 6.07) is 5.46. The molecular formula is C9H5BrClN3. The summed E-state index contributed by atoms with van der Waals surface area (Å²) in [4.78, 5) is 12.1. The molecule has 5 heteroatoms. The maximum absolute atomic E-state index is 5.80. The van der Waals surface area contributed by atoms with E-state index in [1.807, 2.05) is 12.1 Å². The molecule has 0 aromatic carbocycles. The van der Waals surface area contributed by atoms with Crippen LogP contribution in [0.3, 0.4) is 0 Å². The Kier molecular flexibility index (Phi) is 2.74. The molecule has 0 bridgehead atoms. The third-order valence-electron chi connectivity index (χ3n) is 1.62. The SMILES string of the molecule is Clc1cc(-c2cccnc2)nc(Br)n1. The van der Waals surface area contributed by atoms with Crippen LogP contribution < -0.4 is 0 Å². The molecule has 2 aromatic heterocycles. The highest BCUT2D eigenvalue weighted by Gasteiger charge is 2.02. The predicted octanol–water partition coefficient (Wildman–Crippen LogP) is 2.95. The second-order valence-corrected chi connectivity index (χ2v) is 3.68. The lowest BCUT2D eigenvalue weighted by Gasteiger charge is -2.00. The van der Waals surface area contributed by atoms with Crippen molar-refractivity contribution in [3.63, 3.8) is 0 Å². The minimum atomic E-state index is 0.408. The fourth-order valence-electron chi connectivity index (χ4n) is 1.05. The summed E-state index contributed by atoms with van der Waals surface area (Å²) in [6.45, 7) is 0. The summed E-state index contributed by atoms with van der Waals surface area (Å²) in [5.74, 6) is 0. The van der Waals surface area contributed by atoms with E-state index in [0.717, 1.165) is 11.3 Å². The smallest absolute Gasteiger partial charge is 0.198 e. The summed E-state index contributed by atoms with van der Waals surface area (Å²) in [6.07, 6.45) is 3.44. The van der Waals surface area contributed by atoms with Crippen molar-refractivity contribution in [2.45, 2.75) is 0 Å². The molecule has 0 atom stereocenters. The molecule has 0 fully saturated rings. The third-order valence-corrected chi connectivity index (χ3v) is 2.17. The van der Waals surface area contributed by atoms with E-state index in [4.69, 9.17) is 11.6 Å². The van der Waals surface area contributed by atoms with Crippen molar-refractivity contribution >= 4 is 27.5 Å². The molecule has 0 aliphatic heterocycles. The molecule has 2 aromatic rings. The van der Waals surface area contributed by atoms with Gasteiger partial charge < -0.3 is 0 Å². The predicted molar refractivity (Wildman–Crippen MR) is 58.0 cm³/mol. The van der Waals surface area contributed by atoms with Crippen molar-refractivity contribution in [1.29, 1.82) is 0 Å². The van der Waals surface area contributed by atoms with Gasteiger partial charge >= 0.3 is 0 Å². The molecule has 0 saturated heterocycles. The Hall–Kier alpha value is -1.00. The molecule has 2 heterocycles. The van der Waals surface area contributed by atoms with Gasteiger partial charge in [0.1, 0.15) is 5.15 Å². The van der Waals surface area contributed by atoms with E-state index in [9.17, 15) is 0 Å². The van der Waals surface area contributed by atoms with Gasteiger partial charge in [-0.1, -0.05) is 11.6 Å². The second kappa shape index (κ2) is 4.02. The maximum Gasteiger partial charge on any atom is 0.198 e. The number of rotatable bonds is 1. The van der Waals surface area contributed by atoms with Crippen LogP contribution in [-0.2, 0) is 0 Å². The van der Waals surface area contributed by atoms with Gasteiger partial charge in [-0.2, -0.15) is 0 Å². The van der Waals surface area contributed by atoms with Gasteiger partial charge in [-0.3, -0.25) is 4.98 Å². The Bertz CT molecular complexity index is 427. The van der Waals surface area contributed by atoms with Gasteiger partial charge in [-0.15, -0.1) is 0 Å². The van der Waals surface area contributed by atoms with Crippen LogP contribution in [0, 0.1) is 0 Å². The van der Waals surface area contributed by atoms with Gasteiger partial charge in [0.05, 0.1) is 5.69 Å². The van der Waals surface area contributed by atoms with Crippen LogP contribution in [0.2, 0.25) is 5.15 Å². The molecule has 14 heavy (non-hydrogen) atoms. The number of pyridine rings is 1. The van der Waals surface area contributed by atoms with E-state index in [1.54, 1.807) is 18.5 Å². The molecule has 0 saturated carbocycles. The number of aromatic nitrogens is 3. The van der Waals surface area contributed by atoms with E-state index in [1.165, 1.54) is 0 Å². The Morgan fingerprint density at radius 3 is 2.79 bits per heavy atom. The molecule has 0 radical (unpaired) electrons. The quantitative estimate of drug-likeness (QED) is 0.591. The van der Waals surface area contributed by atoms with Gasteiger partial charge in [-0.25, -0.2) is 9.97 Å². The minimum Gasteiger partial charge on any atom is -0.264 e. The lowest BCUT2D eigenvalue weighted by atomic mass is 10.2. The lowest BCUT2D eigenvalue weighted by Crippen LogP contribution is -1.88. The van der Waals surface area contributed by atoms with E-state index in [-0.39, 0.29) is 0 Å². The Labute approximate surface area is 94.3 Å². The normalized spacial score (nSPS) is 10.1. The largest absolute Gasteiger partial charge is 0.264 e. The minimum absolute atomic E-state index is 0.408. The molecule has 0 unspecified atom stereocenters. The maximum atomic E-state index is 5.80. The van der Waals surface area contributed by atoms with Crippen LogP contribution in [0.4, 0.5) is 0 Å². The van der Waals surface area contributed by atoms with Crippen LogP contribution in [0.15, 0.2) is 35.3 Å². The molecule has 0 aliphatic rings. The molecule has 0 aliphatic carbocycles. The van der Waals surface area contributed by atoms with E-state index in [2.05, 4.69) is 30.9 Å². The van der Waals surface area contributed by atoms with E-state index >= 15 is 0 Å². The third kappa shape index (κ3) is 2.08. The molecule has 2 rings (SSSR count). The fourth-order valence-corrected chi connectivity index (χ4v) is 1.72. The van der Waals surface area contributed by atoms with Crippen LogP contribution in [0.1, 0.15) is 0 Å². The molecule has 3 nitrogen and oxygen atoms in total. The van der Waals surface area contributed by atoms with Crippen molar-refractivity contribution < 1.29 is 0 Å². The molecule has 0 amide bonds. The topological polar surface area (TPSA) is 38.7 Å². The summed E-state index contributed by atoms with van der Waals surface area (Å²) < 4.78 is 0.476. The Balaban J connectivity index is 2.52. The summed E-state index contributed by atoms with van der Waals surface area (Å²) in [5.41, 5.74) is 1.67. The summed E-state index contributed by atoms with van der Waals surface area (Å²) in [7, 11) is 0. The summed E-state index contributed by atoms with van der Waals surface area (Å²) in [5, 5.41) is 0.408. The zero-order valence-electron chi connectivity index (χ0n) is 6.98. The highest BCUT2D eigenvalue weighted by atomic mass is 79.9. The first-order valence-electron chi connectivity index (χ1n) is 3.86. The Morgan fingerprint density at radius 1 is 1.29 bits per heavy atom. The number of nitrogens with zero attached hydrogens (tertiary/aromatic N) is 3. The molecule has 0 spiro atoms. The highest BCUT2D eigenvalue weighted by molar-refractivity contribution is 9.10. The van der Waals surface area contributed by atoms with Crippen molar-refractivity contribution in [2.24, 2.45) is 0 Å². The van der Waals surface area contributed by atoms with Crippen molar-refractivity contribution in [2.75, 3.05) is 0 Å². The van der Waals surface area contributed by atoms with Crippen LogP contribution in [-0.4, -0.2) is 15.0 Å². The summed E-state index contributed by atoms with van der Waals surface area (Å²) >= 11 is 8.98. The average Bonchev–Trinajstić information content (AvgIpc) is 2.18. The van der Waals surface area contributed by atoms with Gasteiger partial charge in [-0.05, 0) is 28.1 Å². The average molecular weight is 271 g/mol. The fraction of sp³-hybridized carbons (Fsp3) is 0. The zero-order chi connectivity index (χ0) is 9.97. The molecular weight excluding hydrogens is 265 g/mol. The van der Waals surface area contributed by atoms with E-state index < -0.39 is 0 Å². The van der Waals surface area contributed by atoms with E-state index in [0.29, 0.717) is 9.89 Å². The van der Waals surface area contributed by atoms with Gasteiger partial charge in [0, 0.05) is 24.0 Å². The van der Waals surface area contributed by atoms with Crippen molar-refractivity contribution in [3.05, 3.63) is 40.5 Å². The first kappa shape index (κ1) is 9.55. The number of hydrogen-bond donors (Lipinski definition) is 0. The molecule has 0 N–H and O–H groups in total. The van der Waals surface area contributed by atoms with Gasteiger partial charge in [0.25, 0.3) is 0 Å². The highest BCUT2D eigenvalue weighted by Crippen LogP contribution is 2.20. The van der Waals surface area contributed by atoms with Gasteiger partial charge in [0.2, 0.25) is 0 Å². The van der Waals surface area contributed by atoms with Crippen molar-refractivity contribution in [3.8, 4) is 11.3 Å². The van der Waals surface area contributed by atoms with Crippen LogP contribution in [0.5, 0.6) is 0 Å². The van der Waals surface area contributed by atoms with Crippen LogP contribution >= 0.6 is 27.5 Å². The standard InChI is InChI=1S/C9H5BrClN3/c10-9-13-7(4-8(11)14-9)6-2-1-3-12-5-6/h1-5H. The second-order valence-electron chi connectivity index (χ2n) is 2.59. The lowest BCUT2D eigenvalue weighted by molar-refractivity contribution is 1.11. The first-order valence-corrected chi connectivity index (χ1v) is 5.03. The molecule has 70 valence electrons. The first-order chi connectivity index (χ1) is 6.75. The monoisotopic (exact) mass is 269 g/mol. The van der Waals surface area contributed by atoms with Crippen LogP contribution in [0.25, 0.3) is 11.3 Å². The zero-order valence-corrected chi connectivity index (χ0v) is 9.33. The number of halogens is 2. The van der Waals surface area contributed by atoms with Gasteiger partial charge in [0.15, 0.2) is 4.73 Å². The van der Waals surface area contributed by atoms with Crippen molar-refractivity contribution in [1.82, 2.24) is 15.0 Å². The number of hydrogen-bond acceptors (Lipinski definition) is 3.